The van der Waals surface area contributed by atoms with Crippen LogP contribution in [0.15, 0.2) is 57.9 Å². The Balaban J connectivity index is 1.48. The molecule has 2 N–H and O–H groups in total. The Hall–Kier alpha value is -2.79. The topological polar surface area (TPSA) is 61.0 Å². The third kappa shape index (κ3) is 3.43. The van der Waals surface area contributed by atoms with Crippen molar-refractivity contribution in [3.8, 4) is 0 Å². The van der Waals surface area contributed by atoms with E-state index in [1.54, 1.807) is 0 Å². The highest BCUT2D eigenvalue weighted by Gasteiger charge is 2.23. The lowest BCUT2D eigenvalue weighted by Crippen LogP contribution is -2.36. The zero-order valence-electron chi connectivity index (χ0n) is 15.8. The van der Waals surface area contributed by atoms with Gasteiger partial charge in [0.05, 0.1) is 19.2 Å². The van der Waals surface area contributed by atoms with Crippen molar-refractivity contribution < 1.29 is 9.52 Å². The molecule has 1 atom stereocenters. The molecule has 2 aromatic carbocycles. The van der Waals surface area contributed by atoms with Crippen LogP contribution in [0.5, 0.6) is 0 Å². The number of furan rings is 1. The van der Waals surface area contributed by atoms with Crippen LogP contribution in [0.4, 0.5) is 0 Å². The van der Waals surface area contributed by atoms with Crippen molar-refractivity contribution in [2.75, 3.05) is 13.6 Å². The molecule has 1 aliphatic rings. The largest absolute Gasteiger partial charge is 0.461 e. The molecule has 5 nitrogen and oxygen atoms in total. The van der Waals surface area contributed by atoms with E-state index < -0.39 is 0 Å². The number of aliphatic hydroxyl groups is 1. The highest BCUT2D eigenvalue weighted by molar-refractivity contribution is 5.85. The number of benzene rings is 2. The number of nitrogens with one attached hydrogen (secondary N) is 1. The molecule has 0 amide bonds. The van der Waals surface area contributed by atoms with Gasteiger partial charge in [0.25, 0.3) is 0 Å². The van der Waals surface area contributed by atoms with E-state index in [1.807, 2.05) is 24.3 Å². The molecule has 1 aliphatic heterocycles. The van der Waals surface area contributed by atoms with E-state index in [0.717, 1.165) is 35.8 Å². The Morgan fingerprint density at radius 2 is 1.96 bits per heavy atom. The van der Waals surface area contributed by atoms with Crippen LogP contribution in [-0.2, 0) is 19.6 Å². The summed E-state index contributed by atoms with van der Waals surface area (Å²) in [5.41, 5.74) is 4.29. The van der Waals surface area contributed by atoms with Crippen LogP contribution in [0.25, 0.3) is 11.0 Å². The van der Waals surface area contributed by atoms with Crippen molar-refractivity contribution in [1.29, 1.82) is 0 Å². The molecule has 0 fully saturated rings. The van der Waals surface area contributed by atoms with Crippen molar-refractivity contribution in [2.24, 2.45) is 4.99 Å². The molecule has 2 heterocycles. The Morgan fingerprint density at radius 1 is 1.19 bits per heavy atom. The SMILES string of the molecule is CCc1oc2ccccc2c1CN(C)C1=NCC(c2ccc(CO)cc2)N1. The third-order valence-electron chi connectivity index (χ3n) is 5.15. The highest BCUT2D eigenvalue weighted by Crippen LogP contribution is 2.28. The number of aliphatic imine (C=N–C) groups is 1. The Labute approximate surface area is 159 Å². The fraction of sp³-hybridized carbons (Fsp3) is 0.318. The average Bonchev–Trinajstić information content (AvgIpc) is 3.33. The van der Waals surface area contributed by atoms with Gasteiger partial charge in [-0.25, -0.2) is 0 Å². The van der Waals surface area contributed by atoms with Gasteiger partial charge in [-0.05, 0) is 17.2 Å². The van der Waals surface area contributed by atoms with Crippen molar-refractivity contribution in [3.05, 3.63) is 71.0 Å². The fourth-order valence-electron chi connectivity index (χ4n) is 3.62. The summed E-state index contributed by atoms with van der Waals surface area (Å²) in [7, 11) is 2.06. The Morgan fingerprint density at radius 3 is 2.70 bits per heavy atom. The van der Waals surface area contributed by atoms with Crippen LogP contribution in [0, 0.1) is 0 Å². The standard InChI is InChI=1S/C22H25N3O2/c1-3-20-18(17-6-4-5-7-21(17)27-20)13-25(2)22-23-12-19(24-22)16-10-8-15(14-26)9-11-16/h4-11,19,26H,3,12-14H2,1-2H3,(H,23,24). The minimum Gasteiger partial charge on any atom is -0.461 e. The summed E-state index contributed by atoms with van der Waals surface area (Å²) < 4.78 is 6.02. The summed E-state index contributed by atoms with van der Waals surface area (Å²) in [6, 6.07) is 16.4. The molecule has 0 saturated heterocycles. The number of aliphatic hydroxyl groups excluding tert-OH is 1. The van der Waals surface area contributed by atoms with E-state index in [0.29, 0.717) is 6.54 Å². The van der Waals surface area contributed by atoms with Gasteiger partial charge in [0, 0.05) is 31.0 Å². The van der Waals surface area contributed by atoms with Crippen LogP contribution in [-0.4, -0.2) is 29.6 Å². The molecule has 0 radical (unpaired) electrons. The lowest BCUT2D eigenvalue weighted by atomic mass is 10.1. The third-order valence-corrected chi connectivity index (χ3v) is 5.15. The predicted octanol–water partition coefficient (Wildman–Crippen LogP) is 3.62. The van der Waals surface area contributed by atoms with Gasteiger partial charge in [-0.15, -0.1) is 0 Å². The van der Waals surface area contributed by atoms with Gasteiger partial charge in [-0.2, -0.15) is 0 Å². The maximum Gasteiger partial charge on any atom is 0.194 e. The van der Waals surface area contributed by atoms with Gasteiger partial charge in [0.15, 0.2) is 5.96 Å². The van der Waals surface area contributed by atoms with E-state index in [-0.39, 0.29) is 12.6 Å². The normalized spacial score (nSPS) is 16.4. The minimum atomic E-state index is 0.0707. The Bertz CT molecular complexity index is 959. The maximum atomic E-state index is 9.20. The van der Waals surface area contributed by atoms with Gasteiger partial charge < -0.3 is 19.7 Å². The van der Waals surface area contributed by atoms with Crippen LogP contribution < -0.4 is 5.32 Å². The van der Waals surface area contributed by atoms with E-state index in [1.165, 1.54) is 16.5 Å². The lowest BCUT2D eigenvalue weighted by Gasteiger charge is -2.21. The van der Waals surface area contributed by atoms with Gasteiger partial charge >= 0.3 is 0 Å². The molecule has 0 saturated carbocycles. The molecule has 0 spiro atoms. The van der Waals surface area contributed by atoms with Gasteiger partial charge in [0.2, 0.25) is 0 Å². The average molecular weight is 363 g/mol. The number of hydrogen-bond donors (Lipinski definition) is 2. The number of para-hydroxylation sites is 1. The van der Waals surface area contributed by atoms with Crippen molar-refractivity contribution in [2.45, 2.75) is 32.5 Å². The fourth-order valence-corrected chi connectivity index (χ4v) is 3.62. The number of fused-ring (bicyclic) bond motifs is 1. The smallest absolute Gasteiger partial charge is 0.194 e. The minimum absolute atomic E-state index is 0.0707. The number of hydrogen-bond acceptors (Lipinski definition) is 5. The van der Waals surface area contributed by atoms with Crippen molar-refractivity contribution >= 4 is 16.9 Å². The second-order valence-electron chi connectivity index (χ2n) is 6.97. The first kappa shape index (κ1) is 17.6. The van der Waals surface area contributed by atoms with Crippen LogP contribution in [0.2, 0.25) is 0 Å². The van der Waals surface area contributed by atoms with Gasteiger partial charge in [-0.1, -0.05) is 49.4 Å². The summed E-state index contributed by atoms with van der Waals surface area (Å²) >= 11 is 0. The monoisotopic (exact) mass is 363 g/mol. The summed E-state index contributed by atoms with van der Waals surface area (Å²) in [4.78, 5) is 6.85. The maximum absolute atomic E-state index is 9.20. The summed E-state index contributed by atoms with van der Waals surface area (Å²) in [5.74, 6) is 1.94. The van der Waals surface area contributed by atoms with E-state index >= 15 is 0 Å². The number of rotatable bonds is 5. The molecular formula is C22H25N3O2. The van der Waals surface area contributed by atoms with E-state index in [9.17, 15) is 5.11 Å². The van der Waals surface area contributed by atoms with Crippen LogP contribution in [0.3, 0.4) is 0 Å². The van der Waals surface area contributed by atoms with Crippen molar-refractivity contribution in [3.63, 3.8) is 0 Å². The number of nitrogens with zero attached hydrogens (tertiary/aromatic N) is 2. The molecule has 27 heavy (non-hydrogen) atoms. The summed E-state index contributed by atoms with van der Waals surface area (Å²) in [6.07, 6.45) is 0.873. The molecule has 140 valence electrons. The van der Waals surface area contributed by atoms with Crippen LogP contribution >= 0.6 is 0 Å². The summed E-state index contributed by atoms with van der Waals surface area (Å²) in [5, 5.41) is 13.9. The number of aryl methyl sites for hydroxylation is 1. The molecule has 1 aromatic heterocycles. The summed E-state index contributed by atoms with van der Waals surface area (Å²) in [6.45, 7) is 3.66. The zero-order valence-corrected chi connectivity index (χ0v) is 15.8. The second kappa shape index (κ2) is 7.45. The molecule has 4 rings (SSSR count). The lowest BCUT2D eigenvalue weighted by molar-refractivity contribution is 0.282. The molecule has 1 unspecified atom stereocenters. The first-order chi connectivity index (χ1) is 13.2. The first-order valence-corrected chi connectivity index (χ1v) is 9.40. The molecule has 3 aromatic rings. The molecular weight excluding hydrogens is 338 g/mol. The van der Waals surface area contributed by atoms with Crippen LogP contribution in [0.1, 0.15) is 35.4 Å². The highest BCUT2D eigenvalue weighted by atomic mass is 16.3. The number of guanidine groups is 1. The first-order valence-electron chi connectivity index (χ1n) is 9.40. The van der Waals surface area contributed by atoms with E-state index in [2.05, 4.69) is 48.5 Å². The second-order valence-corrected chi connectivity index (χ2v) is 6.97. The zero-order chi connectivity index (χ0) is 18.8. The molecule has 0 bridgehead atoms. The van der Waals surface area contributed by atoms with Gasteiger partial charge in [-0.3, -0.25) is 4.99 Å². The predicted molar refractivity (Wildman–Crippen MR) is 108 cm³/mol. The Kier molecular flexibility index (Phi) is 4.86. The quantitative estimate of drug-likeness (QED) is 0.727. The molecule has 5 heteroatoms. The van der Waals surface area contributed by atoms with Crippen molar-refractivity contribution in [1.82, 2.24) is 10.2 Å². The van der Waals surface area contributed by atoms with Gasteiger partial charge in [0.1, 0.15) is 11.3 Å². The molecule has 0 aliphatic carbocycles. The van der Waals surface area contributed by atoms with E-state index in [4.69, 9.17) is 9.41 Å².